The number of thioether (sulfide) groups is 1. The van der Waals surface area contributed by atoms with Crippen LogP contribution in [-0.4, -0.2) is 36.8 Å². The van der Waals surface area contributed by atoms with Gasteiger partial charge in [0, 0.05) is 18.7 Å². The lowest BCUT2D eigenvalue weighted by atomic mass is 10.00. The fourth-order valence-corrected chi connectivity index (χ4v) is 2.83. The van der Waals surface area contributed by atoms with Gasteiger partial charge in [0.25, 0.3) is 0 Å². The van der Waals surface area contributed by atoms with Gasteiger partial charge in [-0.3, -0.25) is 0 Å². The average Bonchev–Trinajstić information content (AvgIpc) is 2.70. The molecule has 0 saturated carbocycles. The van der Waals surface area contributed by atoms with E-state index in [1.165, 1.54) is 24.3 Å². The fraction of sp³-hybridized carbons (Fsp3) is 1.00. The quantitative estimate of drug-likeness (QED) is 0.680. The Bertz CT molecular complexity index is 160. The molecule has 0 amide bonds. The maximum Gasteiger partial charge on any atom is 0.0509 e. The lowest BCUT2D eigenvalue weighted by Gasteiger charge is -2.23. The largest absolute Gasteiger partial charge is 0.381 e. The fourth-order valence-electron chi connectivity index (χ4n) is 2.02. The van der Waals surface area contributed by atoms with Crippen molar-refractivity contribution in [1.82, 2.24) is 5.32 Å². The molecule has 1 saturated heterocycles. The Balaban J connectivity index is 2.10. The van der Waals surface area contributed by atoms with Gasteiger partial charge in [0.05, 0.1) is 6.61 Å². The molecule has 2 nitrogen and oxygen atoms in total. The first-order chi connectivity index (χ1) is 7.24. The first-order valence-corrected chi connectivity index (χ1v) is 7.31. The van der Waals surface area contributed by atoms with E-state index >= 15 is 0 Å². The van der Waals surface area contributed by atoms with E-state index in [1.807, 2.05) is 11.8 Å². The number of rotatable bonds is 7. The van der Waals surface area contributed by atoms with E-state index in [9.17, 15) is 0 Å². The molecule has 90 valence electrons. The predicted molar refractivity (Wildman–Crippen MR) is 68.6 cm³/mol. The SMILES string of the molecule is CCSCCC(C)NC(C)C1CCOC1. The van der Waals surface area contributed by atoms with Crippen molar-refractivity contribution in [3.63, 3.8) is 0 Å². The van der Waals surface area contributed by atoms with Gasteiger partial charge in [-0.15, -0.1) is 0 Å². The van der Waals surface area contributed by atoms with Crippen molar-refractivity contribution in [3.05, 3.63) is 0 Å². The minimum Gasteiger partial charge on any atom is -0.381 e. The van der Waals surface area contributed by atoms with Crippen LogP contribution in [0.25, 0.3) is 0 Å². The maximum absolute atomic E-state index is 5.41. The van der Waals surface area contributed by atoms with Crippen LogP contribution >= 0.6 is 11.8 Å². The molecule has 0 bridgehead atoms. The Hall–Kier alpha value is 0.270. The molecule has 3 heteroatoms. The summed E-state index contributed by atoms with van der Waals surface area (Å²) in [5.74, 6) is 3.24. The van der Waals surface area contributed by atoms with E-state index in [-0.39, 0.29) is 0 Å². The zero-order valence-corrected chi connectivity index (χ0v) is 11.1. The Morgan fingerprint density at radius 1 is 1.47 bits per heavy atom. The number of hydrogen-bond acceptors (Lipinski definition) is 3. The van der Waals surface area contributed by atoms with E-state index < -0.39 is 0 Å². The molecule has 1 heterocycles. The van der Waals surface area contributed by atoms with E-state index in [0.29, 0.717) is 12.1 Å². The highest BCUT2D eigenvalue weighted by atomic mass is 32.2. The molecule has 1 N–H and O–H groups in total. The summed E-state index contributed by atoms with van der Waals surface area (Å²) in [6.45, 7) is 8.72. The molecule has 0 aliphatic carbocycles. The predicted octanol–water partition coefficient (Wildman–Crippen LogP) is 2.53. The Morgan fingerprint density at radius 2 is 2.27 bits per heavy atom. The molecule has 3 atom stereocenters. The van der Waals surface area contributed by atoms with Crippen molar-refractivity contribution in [2.75, 3.05) is 24.7 Å². The summed E-state index contributed by atoms with van der Waals surface area (Å²) in [6, 6.07) is 1.24. The Labute approximate surface area is 98.5 Å². The van der Waals surface area contributed by atoms with Crippen LogP contribution < -0.4 is 5.32 Å². The first kappa shape index (κ1) is 13.3. The molecule has 3 unspecified atom stereocenters. The Kier molecular flexibility index (Phi) is 6.69. The zero-order chi connectivity index (χ0) is 11.1. The van der Waals surface area contributed by atoms with E-state index in [0.717, 1.165) is 19.1 Å². The van der Waals surface area contributed by atoms with Crippen LogP contribution in [0.4, 0.5) is 0 Å². The van der Waals surface area contributed by atoms with Crippen LogP contribution in [-0.2, 0) is 4.74 Å². The Morgan fingerprint density at radius 3 is 2.87 bits per heavy atom. The lowest BCUT2D eigenvalue weighted by molar-refractivity contribution is 0.177. The topological polar surface area (TPSA) is 21.3 Å². The third-order valence-electron chi connectivity index (χ3n) is 3.12. The van der Waals surface area contributed by atoms with E-state index in [1.54, 1.807) is 0 Å². The molecular formula is C12H25NOS. The van der Waals surface area contributed by atoms with Crippen molar-refractivity contribution < 1.29 is 4.74 Å². The highest BCUT2D eigenvalue weighted by Crippen LogP contribution is 2.17. The van der Waals surface area contributed by atoms with Crippen molar-refractivity contribution in [2.24, 2.45) is 5.92 Å². The minimum absolute atomic E-state index is 0.606. The monoisotopic (exact) mass is 231 g/mol. The summed E-state index contributed by atoms with van der Waals surface area (Å²) in [4.78, 5) is 0. The van der Waals surface area contributed by atoms with Gasteiger partial charge in [0.15, 0.2) is 0 Å². The zero-order valence-electron chi connectivity index (χ0n) is 10.3. The summed E-state index contributed by atoms with van der Waals surface area (Å²) in [5, 5.41) is 3.69. The second kappa shape index (κ2) is 7.53. The molecule has 15 heavy (non-hydrogen) atoms. The summed E-state index contributed by atoms with van der Waals surface area (Å²) in [6.07, 6.45) is 2.50. The van der Waals surface area contributed by atoms with Crippen molar-refractivity contribution in [1.29, 1.82) is 0 Å². The molecule has 0 aromatic rings. The molecule has 1 rings (SSSR count). The second-order valence-electron chi connectivity index (χ2n) is 4.47. The molecule has 1 aliphatic rings. The number of nitrogens with one attached hydrogen (secondary N) is 1. The smallest absolute Gasteiger partial charge is 0.0509 e. The van der Waals surface area contributed by atoms with E-state index in [4.69, 9.17) is 4.74 Å². The molecule has 1 fully saturated rings. The van der Waals surface area contributed by atoms with Crippen molar-refractivity contribution >= 4 is 11.8 Å². The molecule has 0 spiro atoms. The summed E-state index contributed by atoms with van der Waals surface area (Å²) >= 11 is 2.03. The van der Waals surface area contributed by atoms with Crippen LogP contribution in [0, 0.1) is 5.92 Å². The molecular weight excluding hydrogens is 206 g/mol. The van der Waals surface area contributed by atoms with Gasteiger partial charge in [-0.05, 0) is 44.1 Å². The summed E-state index contributed by atoms with van der Waals surface area (Å²) in [5.41, 5.74) is 0. The van der Waals surface area contributed by atoms with Gasteiger partial charge in [-0.25, -0.2) is 0 Å². The van der Waals surface area contributed by atoms with Gasteiger partial charge in [0.2, 0.25) is 0 Å². The van der Waals surface area contributed by atoms with Crippen LogP contribution in [0.3, 0.4) is 0 Å². The number of hydrogen-bond donors (Lipinski definition) is 1. The van der Waals surface area contributed by atoms with Gasteiger partial charge in [-0.1, -0.05) is 6.92 Å². The first-order valence-electron chi connectivity index (χ1n) is 6.15. The van der Waals surface area contributed by atoms with Crippen LogP contribution in [0.1, 0.15) is 33.6 Å². The third-order valence-corrected chi connectivity index (χ3v) is 4.05. The second-order valence-corrected chi connectivity index (χ2v) is 5.86. The van der Waals surface area contributed by atoms with Crippen LogP contribution in [0.2, 0.25) is 0 Å². The minimum atomic E-state index is 0.606. The average molecular weight is 231 g/mol. The molecule has 0 aromatic carbocycles. The van der Waals surface area contributed by atoms with Gasteiger partial charge < -0.3 is 10.1 Å². The standard InChI is InChI=1S/C12H25NOS/c1-4-15-8-6-10(2)13-11(3)12-5-7-14-9-12/h10-13H,4-9H2,1-3H3. The van der Waals surface area contributed by atoms with Gasteiger partial charge in [0.1, 0.15) is 0 Å². The van der Waals surface area contributed by atoms with Crippen LogP contribution in [0.5, 0.6) is 0 Å². The van der Waals surface area contributed by atoms with Crippen LogP contribution in [0.15, 0.2) is 0 Å². The van der Waals surface area contributed by atoms with Crippen molar-refractivity contribution in [3.8, 4) is 0 Å². The molecule has 0 radical (unpaired) electrons. The summed E-state index contributed by atoms with van der Waals surface area (Å²) < 4.78 is 5.41. The molecule has 1 aliphatic heterocycles. The maximum atomic E-state index is 5.41. The number of ether oxygens (including phenoxy) is 1. The molecule has 0 aromatic heterocycles. The van der Waals surface area contributed by atoms with Gasteiger partial charge in [-0.2, -0.15) is 11.8 Å². The lowest BCUT2D eigenvalue weighted by Crippen LogP contribution is -2.40. The highest BCUT2D eigenvalue weighted by molar-refractivity contribution is 7.99. The summed E-state index contributed by atoms with van der Waals surface area (Å²) in [7, 11) is 0. The van der Waals surface area contributed by atoms with Gasteiger partial charge >= 0.3 is 0 Å². The normalized spacial score (nSPS) is 25.4. The third kappa shape index (κ3) is 5.23. The van der Waals surface area contributed by atoms with Crippen molar-refractivity contribution in [2.45, 2.75) is 45.7 Å². The van der Waals surface area contributed by atoms with E-state index in [2.05, 4.69) is 26.1 Å². The highest BCUT2D eigenvalue weighted by Gasteiger charge is 2.22.